The van der Waals surface area contributed by atoms with Gasteiger partial charge in [-0.1, -0.05) is 12.1 Å². The second-order valence-electron chi connectivity index (χ2n) is 5.43. The molecular weight excluding hydrogens is 322 g/mol. The molecular formula is C14H24ClN5O3. The molecule has 2 rings (SSSR count). The lowest BCUT2D eigenvalue weighted by Gasteiger charge is -2.22. The van der Waals surface area contributed by atoms with Crippen LogP contribution in [-0.2, 0) is 9.53 Å². The van der Waals surface area contributed by atoms with Crippen molar-refractivity contribution in [1.29, 1.82) is 0 Å². The molecule has 0 aromatic carbocycles. The molecule has 1 aromatic rings. The number of aromatic nitrogens is 3. The van der Waals surface area contributed by atoms with E-state index in [4.69, 9.17) is 4.74 Å². The number of rotatable bonds is 6. The van der Waals surface area contributed by atoms with Gasteiger partial charge in [0.25, 0.3) is 5.91 Å². The molecule has 0 saturated carbocycles. The fraction of sp³-hybridized carbons (Fsp3) is 0.714. The van der Waals surface area contributed by atoms with Crippen molar-refractivity contribution in [1.82, 2.24) is 25.6 Å². The lowest BCUT2D eigenvalue weighted by Crippen LogP contribution is -2.32. The van der Waals surface area contributed by atoms with Gasteiger partial charge in [-0.05, 0) is 32.9 Å². The minimum absolute atomic E-state index is 0. The molecule has 2 N–H and O–H groups in total. The SMILES string of the molecule is CCOC(=O)C(C)CNC(=O)c1cn(C2CCNCC2)nn1.Cl. The van der Waals surface area contributed by atoms with Crippen molar-refractivity contribution in [3.05, 3.63) is 11.9 Å². The third-order valence-electron chi connectivity index (χ3n) is 3.68. The van der Waals surface area contributed by atoms with Crippen LogP contribution in [0.25, 0.3) is 0 Å². The molecule has 0 spiro atoms. The highest BCUT2D eigenvalue weighted by molar-refractivity contribution is 5.92. The van der Waals surface area contributed by atoms with E-state index < -0.39 is 0 Å². The number of esters is 1. The minimum atomic E-state index is -0.386. The van der Waals surface area contributed by atoms with E-state index in [1.54, 1.807) is 24.7 Å². The maximum Gasteiger partial charge on any atom is 0.310 e. The van der Waals surface area contributed by atoms with Gasteiger partial charge in [0, 0.05) is 6.54 Å². The number of halogens is 1. The van der Waals surface area contributed by atoms with Gasteiger partial charge in [-0.3, -0.25) is 9.59 Å². The van der Waals surface area contributed by atoms with Crippen LogP contribution < -0.4 is 10.6 Å². The summed E-state index contributed by atoms with van der Waals surface area (Å²) < 4.78 is 6.65. The van der Waals surface area contributed by atoms with E-state index in [1.807, 2.05) is 0 Å². The van der Waals surface area contributed by atoms with Gasteiger partial charge in [0.1, 0.15) is 0 Å². The number of hydrogen-bond acceptors (Lipinski definition) is 6. The molecule has 1 unspecified atom stereocenters. The first-order chi connectivity index (χ1) is 10.6. The molecule has 9 heteroatoms. The Morgan fingerprint density at radius 2 is 2.17 bits per heavy atom. The number of nitrogens with zero attached hydrogens (tertiary/aromatic N) is 3. The first kappa shape index (κ1) is 19.4. The number of carbonyl (C=O) groups is 2. The number of nitrogens with one attached hydrogen (secondary N) is 2. The van der Waals surface area contributed by atoms with Crippen LogP contribution in [0.3, 0.4) is 0 Å². The van der Waals surface area contributed by atoms with Crippen LogP contribution in [0.4, 0.5) is 0 Å². The van der Waals surface area contributed by atoms with E-state index in [0.29, 0.717) is 6.61 Å². The monoisotopic (exact) mass is 345 g/mol. The maximum absolute atomic E-state index is 12.0. The van der Waals surface area contributed by atoms with E-state index >= 15 is 0 Å². The zero-order valence-electron chi connectivity index (χ0n) is 13.4. The lowest BCUT2D eigenvalue weighted by molar-refractivity contribution is -0.147. The fourth-order valence-corrected chi connectivity index (χ4v) is 2.33. The number of hydrogen-bond donors (Lipinski definition) is 2. The van der Waals surface area contributed by atoms with Crippen molar-refractivity contribution >= 4 is 24.3 Å². The second-order valence-corrected chi connectivity index (χ2v) is 5.43. The summed E-state index contributed by atoms with van der Waals surface area (Å²) in [4.78, 5) is 23.5. The van der Waals surface area contributed by atoms with Gasteiger partial charge in [-0.2, -0.15) is 0 Å². The fourth-order valence-electron chi connectivity index (χ4n) is 2.33. The lowest BCUT2D eigenvalue weighted by atomic mass is 10.1. The molecule has 0 bridgehead atoms. The quantitative estimate of drug-likeness (QED) is 0.731. The topological polar surface area (TPSA) is 98.1 Å². The molecule has 1 amide bonds. The highest BCUT2D eigenvalue weighted by Gasteiger charge is 2.20. The van der Waals surface area contributed by atoms with Crippen molar-refractivity contribution in [3.8, 4) is 0 Å². The van der Waals surface area contributed by atoms with Crippen molar-refractivity contribution < 1.29 is 14.3 Å². The Labute approximate surface area is 141 Å². The van der Waals surface area contributed by atoms with Crippen LogP contribution in [0.1, 0.15) is 43.2 Å². The molecule has 1 aliphatic heterocycles. The van der Waals surface area contributed by atoms with Crippen molar-refractivity contribution in [2.24, 2.45) is 5.92 Å². The molecule has 23 heavy (non-hydrogen) atoms. The van der Waals surface area contributed by atoms with Gasteiger partial charge < -0.3 is 15.4 Å². The van der Waals surface area contributed by atoms with Gasteiger partial charge in [0.2, 0.25) is 0 Å². The summed E-state index contributed by atoms with van der Waals surface area (Å²) in [6.45, 7) is 5.91. The van der Waals surface area contributed by atoms with Gasteiger partial charge in [0.15, 0.2) is 5.69 Å². The van der Waals surface area contributed by atoms with Crippen LogP contribution in [0, 0.1) is 5.92 Å². The zero-order valence-corrected chi connectivity index (χ0v) is 14.3. The van der Waals surface area contributed by atoms with Crippen molar-refractivity contribution in [2.75, 3.05) is 26.2 Å². The standard InChI is InChI=1S/C14H23N5O3.ClH/c1-3-22-14(21)10(2)8-16-13(20)12-9-19(18-17-12)11-4-6-15-7-5-11;/h9-11,15H,3-8H2,1-2H3,(H,16,20);1H. The Balaban J connectivity index is 0.00000264. The number of piperidine rings is 1. The number of ether oxygens (including phenoxy) is 1. The van der Waals surface area contributed by atoms with Crippen LogP contribution in [0.15, 0.2) is 6.20 Å². The summed E-state index contributed by atoms with van der Waals surface area (Å²) in [7, 11) is 0. The predicted molar refractivity (Wildman–Crippen MR) is 86.5 cm³/mol. The third kappa shape index (κ3) is 5.47. The Hall–Kier alpha value is -1.67. The molecule has 1 fully saturated rings. The van der Waals surface area contributed by atoms with E-state index in [0.717, 1.165) is 25.9 Å². The number of amides is 1. The van der Waals surface area contributed by atoms with Crippen LogP contribution >= 0.6 is 12.4 Å². The molecule has 1 aliphatic rings. The summed E-state index contributed by atoms with van der Waals surface area (Å²) >= 11 is 0. The van der Waals surface area contributed by atoms with E-state index in [1.165, 1.54) is 0 Å². The normalized spacial score (nSPS) is 16.3. The van der Waals surface area contributed by atoms with Gasteiger partial charge in [-0.25, -0.2) is 4.68 Å². The summed E-state index contributed by atoms with van der Waals surface area (Å²) in [6.07, 6.45) is 3.62. The van der Waals surface area contributed by atoms with Crippen molar-refractivity contribution in [3.63, 3.8) is 0 Å². The molecule has 8 nitrogen and oxygen atoms in total. The van der Waals surface area contributed by atoms with Gasteiger partial charge >= 0.3 is 5.97 Å². The van der Waals surface area contributed by atoms with Gasteiger partial charge in [0.05, 0.1) is 24.8 Å². The Bertz CT molecular complexity index is 516. The molecule has 1 aromatic heterocycles. The Morgan fingerprint density at radius 1 is 1.48 bits per heavy atom. The Kier molecular flexibility index (Phi) is 7.97. The maximum atomic E-state index is 12.0. The molecule has 1 saturated heterocycles. The molecule has 0 aliphatic carbocycles. The van der Waals surface area contributed by atoms with Crippen LogP contribution in [0.5, 0.6) is 0 Å². The predicted octanol–water partition coefficient (Wildman–Crippen LogP) is 0.553. The van der Waals surface area contributed by atoms with E-state index in [2.05, 4.69) is 20.9 Å². The number of carbonyl (C=O) groups excluding carboxylic acids is 2. The smallest absolute Gasteiger partial charge is 0.310 e. The summed E-state index contributed by atoms with van der Waals surface area (Å²) in [5.74, 6) is -1.03. The summed E-state index contributed by atoms with van der Waals surface area (Å²) in [6, 6.07) is 0.286. The van der Waals surface area contributed by atoms with E-state index in [-0.39, 0.29) is 48.5 Å². The molecule has 0 radical (unpaired) electrons. The van der Waals surface area contributed by atoms with Gasteiger partial charge in [-0.15, -0.1) is 17.5 Å². The highest BCUT2D eigenvalue weighted by Crippen LogP contribution is 2.16. The summed E-state index contributed by atoms with van der Waals surface area (Å²) in [5, 5.41) is 13.9. The average Bonchev–Trinajstić information content (AvgIpc) is 3.03. The van der Waals surface area contributed by atoms with Crippen LogP contribution in [0.2, 0.25) is 0 Å². The minimum Gasteiger partial charge on any atom is -0.466 e. The third-order valence-corrected chi connectivity index (χ3v) is 3.68. The largest absolute Gasteiger partial charge is 0.466 e. The van der Waals surface area contributed by atoms with Crippen LogP contribution in [-0.4, -0.2) is 53.1 Å². The zero-order chi connectivity index (χ0) is 15.9. The van der Waals surface area contributed by atoms with Crippen molar-refractivity contribution in [2.45, 2.75) is 32.7 Å². The highest BCUT2D eigenvalue weighted by atomic mass is 35.5. The first-order valence-electron chi connectivity index (χ1n) is 7.69. The first-order valence-corrected chi connectivity index (χ1v) is 7.69. The Morgan fingerprint density at radius 3 is 2.83 bits per heavy atom. The molecule has 130 valence electrons. The average molecular weight is 346 g/mol. The molecule has 1 atom stereocenters. The summed E-state index contributed by atoms with van der Waals surface area (Å²) in [5.41, 5.74) is 0.273. The van der Waals surface area contributed by atoms with E-state index in [9.17, 15) is 9.59 Å². The second kappa shape index (κ2) is 9.46. The molecule has 2 heterocycles.